The number of ether oxygens (including phenoxy) is 1. The first kappa shape index (κ1) is 15.5. The van der Waals surface area contributed by atoms with Crippen LogP contribution in [0.5, 0.6) is 5.75 Å². The van der Waals surface area contributed by atoms with Crippen LogP contribution in [0.3, 0.4) is 0 Å². The Hall–Kier alpha value is -1.55. The molecular weight excluding hydrogens is 242 g/mol. The predicted molar refractivity (Wildman–Crippen MR) is 75.9 cm³/mol. The number of hydrogen-bond donors (Lipinski definition) is 2. The van der Waals surface area contributed by atoms with Crippen molar-refractivity contribution in [2.75, 3.05) is 13.7 Å². The highest BCUT2D eigenvalue weighted by Gasteiger charge is 2.32. The molecule has 0 amide bonds. The molecule has 4 heteroatoms. The standard InChI is InChI=1S/C15H23NO3/c1-10(2)13-7-6-12(8-11(13)3)19-9-15(4,16-5)14(17)18/h6-8,10,16H,9H2,1-5H3,(H,17,18). The molecule has 0 saturated carbocycles. The van der Waals surface area contributed by atoms with Crippen LogP contribution in [0.15, 0.2) is 18.2 Å². The third-order valence-corrected chi connectivity index (χ3v) is 3.41. The normalized spacial score (nSPS) is 14.2. The Balaban J connectivity index is 2.79. The Bertz CT molecular complexity index is 457. The molecule has 0 radical (unpaired) electrons. The molecule has 4 nitrogen and oxygen atoms in total. The van der Waals surface area contributed by atoms with E-state index < -0.39 is 11.5 Å². The molecule has 0 aliphatic carbocycles. The highest BCUT2D eigenvalue weighted by Crippen LogP contribution is 2.24. The van der Waals surface area contributed by atoms with E-state index in [1.54, 1.807) is 14.0 Å². The van der Waals surface area contributed by atoms with E-state index in [9.17, 15) is 4.79 Å². The van der Waals surface area contributed by atoms with Gasteiger partial charge in [0, 0.05) is 0 Å². The average Bonchev–Trinajstić information content (AvgIpc) is 2.35. The van der Waals surface area contributed by atoms with E-state index in [2.05, 4.69) is 19.2 Å². The van der Waals surface area contributed by atoms with E-state index in [0.29, 0.717) is 11.7 Å². The van der Waals surface area contributed by atoms with Gasteiger partial charge in [-0.15, -0.1) is 0 Å². The van der Waals surface area contributed by atoms with E-state index in [4.69, 9.17) is 9.84 Å². The molecule has 1 aromatic carbocycles. The second-order valence-corrected chi connectivity index (χ2v) is 5.35. The molecule has 2 N–H and O–H groups in total. The van der Waals surface area contributed by atoms with Crippen LogP contribution in [0, 0.1) is 6.92 Å². The molecule has 106 valence electrons. The van der Waals surface area contributed by atoms with Gasteiger partial charge in [-0.2, -0.15) is 0 Å². The van der Waals surface area contributed by atoms with Crippen LogP contribution in [0.2, 0.25) is 0 Å². The lowest BCUT2D eigenvalue weighted by atomic mass is 9.98. The fourth-order valence-electron chi connectivity index (χ4n) is 1.85. The fraction of sp³-hybridized carbons (Fsp3) is 0.533. The van der Waals surface area contributed by atoms with Gasteiger partial charge in [0.2, 0.25) is 0 Å². The van der Waals surface area contributed by atoms with Gasteiger partial charge in [0.05, 0.1) is 0 Å². The maximum Gasteiger partial charge on any atom is 0.327 e. The Kier molecular flexibility index (Phi) is 4.95. The number of aryl methyl sites for hydroxylation is 1. The third-order valence-electron chi connectivity index (χ3n) is 3.41. The second kappa shape index (κ2) is 6.06. The number of benzene rings is 1. The zero-order valence-electron chi connectivity index (χ0n) is 12.3. The SMILES string of the molecule is CNC(C)(COc1ccc(C(C)C)c(C)c1)C(=O)O. The summed E-state index contributed by atoms with van der Waals surface area (Å²) in [6, 6.07) is 5.88. The summed E-state index contributed by atoms with van der Waals surface area (Å²) in [6.45, 7) is 8.01. The molecule has 0 aliphatic heterocycles. The number of rotatable bonds is 6. The van der Waals surface area contributed by atoms with Crippen molar-refractivity contribution >= 4 is 5.97 Å². The number of carboxylic acid groups (broad SMARTS) is 1. The molecule has 0 saturated heterocycles. The second-order valence-electron chi connectivity index (χ2n) is 5.35. The number of likely N-dealkylation sites (N-methyl/N-ethyl adjacent to an activating group) is 1. The van der Waals surface area contributed by atoms with Crippen molar-refractivity contribution in [2.24, 2.45) is 0 Å². The van der Waals surface area contributed by atoms with Gasteiger partial charge in [0.25, 0.3) is 0 Å². The number of aliphatic carboxylic acids is 1. The highest BCUT2D eigenvalue weighted by atomic mass is 16.5. The summed E-state index contributed by atoms with van der Waals surface area (Å²) in [4.78, 5) is 11.1. The first-order valence-electron chi connectivity index (χ1n) is 6.46. The van der Waals surface area contributed by atoms with Gasteiger partial charge in [0.15, 0.2) is 0 Å². The Labute approximate surface area is 114 Å². The molecule has 1 unspecified atom stereocenters. The first-order chi connectivity index (χ1) is 8.80. The number of hydrogen-bond acceptors (Lipinski definition) is 3. The van der Waals surface area contributed by atoms with Crippen molar-refractivity contribution in [3.63, 3.8) is 0 Å². The number of carboxylic acids is 1. The van der Waals surface area contributed by atoms with Crippen LogP contribution in [-0.2, 0) is 4.79 Å². The molecule has 1 atom stereocenters. The molecule has 19 heavy (non-hydrogen) atoms. The van der Waals surface area contributed by atoms with Crippen LogP contribution in [0.25, 0.3) is 0 Å². The van der Waals surface area contributed by atoms with Crippen LogP contribution < -0.4 is 10.1 Å². The Morgan fingerprint density at radius 1 is 1.47 bits per heavy atom. The van der Waals surface area contributed by atoms with Crippen molar-refractivity contribution in [3.05, 3.63) is 29.3 Å². The van der Waals surface area contributed by atoms with E-state index >= 15 is 0 Å². The molecule has 0 heterocycles. The summed E-state index contributed by atoms with van der Waals surface area (Å²) in [6.07, 6.45) is 0. The van der Waals surface area contributed by atoms with E-state index in [1.165, 1.54) is 5.56 Å². The monoisotopic (exact) mass is 265 g/mol. The first-order valence-corrected chi connectivity index (χ1v) is 6.46. The highest BCUT2D eigenvalue weighted by molar-refractivity contribution is 5.78. The summed E-state index contributed by atoms with van der Waals surface area (Å²) in [5.41, 5.74) is 1.36. The van der Waals surface area contributed by atoms with Gasteiger partial charge in [-0.3, -0.25) is 4.79 Å². The van der Waals surface area contributed by atoms with Crippen molar-refractivity contribution in [1.29, 1.82) is 0 Å². The molecule has 1 aromatic rings. The quantitative estimate of drug-likeness (QED) is 0.830. The fourth-order valence-corrected chi connectivity index (χ4v) is 1.85. The largest absolute Gasteiger partial charge is 0.491 e. The van der Waals surface area contributed by atoms with Gasteiger partial charge in [0.1, 0.15) is 17.9 Å². The average molecular weight is 265 g/mol. The number of carbonyl (C=O) groups is 1. The number of nitrogens with one attached hydrogen (secondary N) is 1. The molecule has 0 fully saturated rings. The summed E-state index contributed by atoms with van der Waals surface area (Å²) in [5, 5.41) is 11.9. The minimum atomic E-state index is -1.08. The summed E-state index contributed by atoms with van der Waals surface area (Å²) in [5.74, 6) is 0.241. The zero-order valence-corrected chi connectivity index (χ0v) is 12.3. The Morgan fingerprint density at radius 2 is 2.11 bits per heavy atom. The third kappa shape index (κ3) is 3.70. The van der Waals surface area contributed by atoms with Crippen LogP contribution in [-0.4, -0.2) is 30.3 Å². The van der Waals surface area contributed by atoms with E-state index in [0.717, 1.165) is 5.56 Å². The van der Waals surface area contributed by atoms with Crippen molar-refractivity contribution in [3.8, 4) is 5.75 Å². The summed E-state index contributed by atoms with van der Waals surface area (Å²) < 4.78 is 5.60. The minimum absolute atomic E-state index is 0.0826. The van der Waals surface area contributed by atoms with E-state index in [1.807, 2.05) is 25.1 Å². The van der Waals surface area contributed by atoms with Gasteiger partial charge in [-0.05, 0) is 50.1 Å². The lowest BCUT2D eigenvalue weighted by molar-refractivity contribution is -0.145. The Morgan fingerprint density at radius 3 is 2.53 bits per heavy atom. The van der Waals surface area contributed by atoms with Crippen molar-refractivity contribution in [1.82, 2.24) is 5.32 Å². The van der Waals surface area contributed by atoms with Crippen LogP contribution in [0.1, 0.15) is 37.8 Å². The lowest BCUT2D eigenvalue weighted by Crippen LogP contribution is -2.52. The molecule has 0 bridgehead atoms. The smallest absolute Gasteiger partial charge is 0.327 e. The predicted octanol–water partition coefficient (Wildman–Crippen LogP) is 2.56. The summed E-state index contributed by atoms with van der Waals surface area (Å²) >= 11 is 0. The topological polar surface area (TPSA) is 58.6 Å². The van der Waals surface area contributed by atoms with Crippen LogP contribution >= 0.6 is 0 Å². The van der Waals surface area contributed by atoms with Gasteiger partial charge in [-0.1, -0.05) is 19.9 Å². The molecule has 0 aliphatic rings. The molecule has 0 spiro atoms. The van der Waals surface area contributed by atoms with Crippen LogP contribution in [0.4, 0.5) is 0 Å². The molecule has 1 rings (SSSR count). The van der Waals surface area contributed by atoms with Gasteiger partial charge < -0.3 is 15.2 Å². The van der Waals surface area contributed by atoms with Gasteiger partial charge in [-0.25, -0.2) is 0 Å². The maximum absolute atomic E-state index is 11.1. The maximum atomic E-state index is 11.1. The molecular formula is C15H23NO3. The zero-order chi connectivity index (χ0) is 14.6. The van der Waals surface area contributed by atoms with Crippen molar-refractivity contribution < 1.29 is 14.6 Å². The molecule has 0 aromatic heterocycles. The minimum Gasteiger partial charge on any atom is -0.491 e. The van der Waals surface area contributed by atoms with Gasteiger partial charge >= 0.3 is 5.97 Å². The summed E-state index contributed by atoms with van der Waals surface area (Å²) in [7, 11) is 1.62. The lowest BCUT2D eigenvalue weighted by Gasteiger charge is -2.24. The van der Waals surface area contributed by atoms with Crippen molar-refractivity contribution in [2.45, 2.75) is 39.2 Å². The van der Waals surface area contributed by atoms with E-state index in [-0.39, 0.29) is 6.61 Å².